The number of allylic oxidation sites excluding steroid dienone is 2. The molecule has 0 bridgehead atoms. The minimum atomic E-state index is -0.382. The highest BCUT2D eigenvalue weighted by molar-refractivity contribution is 5.86. The van der Waals surface area contributed by atoms with Crippen molar-refractivity contribution < 1.29 is 13.9 Å². The van der Waals surface area contributed by atoms with Gasteiger partial charge in [0.05, 0.1) is 19.8 Å². The molecular weight excluding hydrogens is 293 g/mol. The SMILES string of the molecule is C=C(OC)C(=C(/C)CC)/C(=C\N=CC)c1c(F)cccc1OC. The second-order valence-electron chi connectivity index (χ2n) is 4.90. The first-order valence-corrected chi connectivity index (χ1v) is 7.45. The summed E-state index contributed by atoms with van der Waals surface area (Å²) in [6, 6.07) is 4.73. The van der Waals surface area contributed by atoms with Gasteiger partial charge in [-0.2, -0.15) is 0 Å². The molecule has 23 heavy (non-hydrogen) atoms. The summed E-state index contributed by atoms with van der Waals surface area (Å²) < 4.78 is 25.2. The second-order valence-corrected chi connectivity index (χ2v) is 4.90. The molecule has 0 aliphatic heterocycles. The number of benzene rings is 1. The number of hydrogen-bond donors (Lipinski definition) is 0. The monoisotopic (exact) mass is 317 g/mol. The molecule has 0 unspecified atom stereocenters. The van der Waals surface area contributed by atoms with Gasteiger partial charge in [0.1, 0.15) is 17.3 Å². The van der Waals surface area contributed by atoms with Gasteiger partial charge in [-0.05, 0) is 32.4 Å². The molecule has 0 radical (unpaired) electrons. The molecule has 4 heteroatoms. The molecule has 1 rings (SSSR count). The Morgan fingerprint density at radius 3 is 2.57 bits per heavy atom. The van der Waals surface area contributed by atoms with E-state index in [9.17, 15) is 4.39 Å². The van der Waals surface area contributed by atoms with Crippen LogP contribution >= 0.6 is 0 Å². The normalized spacial score (nSPS) is 13.0. The number of methoxy groups -OCH3 is 2. The Morgan fingerprint density at radius 2 is 2.04 bits per heavy atom. The third-order valence-corrected chi connectivity index (χ3v) is 3.57. The van der Waals surface area contributed by atoms with Crippen molar-refractivity contribution >= 4 is 11.8 Å². The van der Waals surface area contributed by atoms with Gasteiger partial charge < -0.3 is 9.47 Å². The lowest BCUT2D eigenvalue weighted by atomic mass is 9.91. The van der Waals surface area contributed by atoms with Gasteiger partial charge in [0.15, 0.2) is 0 Å². The summed E-state index contributed by atoms with van der Waals surface area (Å²) in [5.74, 6) is 0.521. The minimum Gasteiger partial charge on any atom is -0.497 e. The van der Waals surface area contributed by atoms with Gasteiger partial charge in [-0.1, -0.05) is 25.1 Å². The zero-order chi connectivity index (χ0) is 17.4. The highest BCUT2D eigenvalue weighted by Gasteiger charge is 2.21. The number of halogens is 1. The smallest absolute Gasteiger partial charge is 0.134 e. The first kappa shape index (κ1) is 18.7. The van der Waals surface area contributed by atoms with Crippen LogP contribution in [-0.4, -0.2) is 20.4 Å². The van der Waals surface area contributed by atoms with Crippen molar-refractivity contribution in [1.82, 2.24) is 0 Å². The summed E-state index contributed by atoms with van der Waals surface area (Å²) in [5, 5.41) is 0. The zero-order valence-electron chi connectivity index (χ0n) is 14.4. The Bertz CT molecular complexity index is 657. The largest absolute Gasteiger partial charge is 0.497 e. The first-order chi connectivity index (χ1) is 11.0. The van der Waals surface area contributed by atoms with Crippen LogP contribution in [0.5, 0.6) is 5.75 Å². The van der Waals surface area contributed by atoms with Gasteiger partial charge in [0.25, 0.3) is 0 Å². The van der Waals surface area contributed by atoms with Gasteiger partial charge in [-0.15, -0.1) is 0 Å². The van der Waals surface area contributed by atoms with Crippen molar-refractivity contribution in [2.45, 2.75) is 27.2 Å². The lowest BCUT2D eigenvalue weighted by Gasteiger charge is -2.19. The van der Waals surface area contributed by atoms with E-state index in [2.05, 4.69) is 11.6 Å². The summed E-state index contributed by atoms with van der Waals surface area (Å²) in [4.78, 5) is 4.18. The molecule has 1 aromatic rings. The molecule has 0 atom stereocenters. The van der Waals surface area contributed by atoms with Crippen molar-refractivity contribution in [2.75, 3.05) is 14.2 Å². The lowest BCUT2D eigenvalue weighted by molar-refractivity contribution is 0.304. The summed E-state index contributed by atoms with van der Waals surface area (Å²) in [6.45, 7) is 9.74. The fraction of sp³-hybridized carbons (Fsp3) is 0.316. The maximum absolute atomic E-state index is 14.5. The van der Waals surface area contributed by atoms with Crippen LogP contribution in [0.2, 0.25) is 0 Å². The average Bonchev–Trinajstić information content (AvgIpc) is 2.57. The molecule has 0 amide bonds. The van der Waals surface area contributed by atoms with Gasteiger partial charge in [-0.3, -0.25) is 4.99 Å². The number of hydrogen-bond acceptors (Lipinski definition) is 3. The quantitative estimate of drug-likeness (QED) is 0.395. The van der Waals surface area contributed by atoms with Crippen LogP contribution in [0.25, 0.3) is 5.57 Å². The molecule has 0 aliphatic carbocycles. The van der Waals surface area contributed by atoms with Crippen LogP contribution in [0.15, 0.2) is 52.9 Å². The lowest BCUT2D eigenvalue weighted by Crippen LogP contribution is -2.03. The molecule has 0 aromatic heterocycles. The summed E-state index contributed by atoms with van der Waals surface area (Å²) in [5.41, 5.74) is 2.70. The van der Waals surface area contributed by atoms with Crippen LogP contribution in [0.3, 0.4) is 0 Å². The number of ether oxygens (including phenoxy) is 2. The summed E-state index contributed by atoms with van der Waals surface area (Å²) in [6.07, 6.45) is 4.03. The molecular formula is C19H24FNO2. The number of rotatable bonds is 7. The van der Waals surface area contributed by atoms with Crippen molar-refractivity contribution in [2.24, 2.45) is 4.99 Å². The van der Waals surface area contributed by atoms with E-state index in [4.69, 9.17) is 9.47 Å². The highest BCUT2D eigenvalue weighted by atomic mass is 19.1. The molecule has 0 heterocycles. The van der Waals surface area contributed by atoms with Crippen LogP contribution in [0, 0.1) is 5.82 Å². The Hall–Kier alpha value is -2.36. The fourth-order valence-corrected chi connectivity index (χ4v) is 2.24. The average molecular weight is 317 g/mol. The molecule has 0 saturated heterocycles. The van der Waals surface area contributed by atoms with E-state index in [0.29, 0.717) is 22.6 Å². The zero-order valence-corrected chi connectivity index (χ0v) is 14.4. The fourth-order valence-electron chi connectivity index (χ4n) is 2.24. The first-order valence-electron chi connectivity index (χ1n) is 7.45. The van der Waals surface area contributed by atoms with Crippen molar-refractivity contribution in [3.8, 4) is 5.75 Å². The molecule has 1 aromatic carbocycles. The third-order valence-electron chi connectivity index (χ3n) is 3.57. The maximum atomic E-state index is 14.5. The minimum absolute atomic E-state index is 0.349. The summed E-state index contributed by atoms with van der Waals surface area (Å²) >= 11 is 0. The third kappa shape index (κ3) is 4.31. The Morgan fingerprint density at radius 1 is 1.35 bits per heavy atom. The number of aliphatic imine (C=N–C) groups is 1. The van der Waals surface area contributed by atoms with Crippen LogP contribution in [-0.2, 0) is 4.74 Å². The van der Waals surface area contributed by atoms with Crippen LogP contribution < -0.4 is 4.74 Å². The maximum Gasteiger partial charge on any atom is 0.134 e. The van der Waals surface area contributed by atoms with Crippen molar-refractivity contribution in [3.63, 3.8) is 0 Å². The van der Waals surface area contributed by atoms with Gasteiger partial charge in [-0.25, -0.2) is 4.39 Å². The van der Waals surface area contributed by atoms with E-state index >= 15 is 0 Å². The van der Waals surface area contributed by atoms with Crippen LogP contribution in [0.1, 0.15) is 32.8 Å². The van der Waals surface area contributed by atoms with E-state index in [-0.39, 0.29) is 5.82 Å². The van der Waals surface area contributed by atoms with Gasteiger partial charge >= 0.3 is 0 Å². The van der Waals surface area contributed by atoms with E-state index in [0.717, 1.165) is 17.6 Å². The second kappa shape index (κ2) is 8.93. The van der Waals surface area contributed by atoms with Crippen molar-refractivity contribution in [1.29, 1.82) is 0 Å². The molecule has 0 fully saturated rings. The molecule has 0 spiro atoms. The molecule has 3 nitrogen and oxygen atoms in total. The Labute approximate surface area is 137 Å². The van der Waals surface area contributed by atoms with Gasteiger partial charge in [0.2, 0.25) is 0 Å². The van der Waals surface area contributed by atoms with Gasteiger partial charge in [0, 0.05) is 23.6 Å². The number of nitrogens with zero attached hydrogens (tertiary/aromatic N) is 1. The van der Waals surface area contributed by atoms with E-state index in [1.54, 1.807) is 38.6 Å². The van der Waals surface area contributed by atoms with E-state index in [1.807, 2.05) is 13.8 Å². The van der Waals surface area contributed by atoms with E-state index in [1.165, 1.54) is 13.2 Å². The topological polar surface area (TPSA) is 30.8 Å². The molecule has 124 valence electrons. The standard InChI is InChI=1S/C19H24FNO2/c1-7-13(3)18(14(4)22-5)15(12-21-8-2)19-16(20)10-9-11-17(19)23-6/h8-12H,4,7H2,1-3,5-6H3/b15-12+,18-13+,21-8?. The van der Waals surface area contributed by atoms with Crippen molar-refractivity contribution in [3.05, 3.63) is 59.3 Å². The Balaban J connectivity index is 3.75. The predicted molar refractivity (Wildman–Crippen MR) is 94.2 cm³/mol. The predicted octanol–water partition coefficient (Wildman–Crippen LogP) is 5.15. The Kier molecular flexibility index (Phi) is 7.26. The van der Waals surface area contributed by atoms with Crippen LogP contribution in [0.4, 0.5) is 4.39 Å². The molecule has 0 N–H and O–H groups in total. The molecule has 0 saturated carbocycles. The summed E-state index contributed by atoms with van der Waals surface area (Å²) in [7, 11) is 3.06. The highest BCUT2D eigenvalue weighted by Crippen LogP contribution is 2.38. The molecule has 0 aliphatic rings. The van der Waals surface area contributed by atoms with E-state index < -0.39 is 0 Å².